The minimum absolute atomic E-state index is 0.0159. The van der Waals surface area contributed by atoms with Crippen molar-refractivity contribution in [2.75, 3.05) is 59.1 Å². The molecular formula is C12H26N3O4P. The number of hydrogen-bond acceptors (Lipinski definition) is 6. The summed E-state index contributed by atoms with van der Waals surface area (Å²) in [6, 6.07) is 0. The third-order valence-electron chi connectivity index (χ3n) is 3.01. The first-order valence-electron chi connectivity index (χ1n) is 6.92. The van der Waals surface area contributed by atoms with Crippen molar-refractivity contribution < 1.29 is 19.3 Å². The summed E-state index contributed by atoms with van der Waals surface area (Å²) in [5, 5.41) is 13.0. The van der Waals surface area contributed by atoms with Crippen LogP contribution in [0.2, 0.25) is 0 Å². The Morgan fingerprint density at radius 1 is 1.40 bits per heavy atom. The Morgan fingerprint density at radius 2 is 2.05 bits per heavy atom. The highest BCUT2D eigenvalue weighted by Gasteiger charge is 2.14. The third kappa shape index (κ3) is 7.97. The van der Waals surface area contributed by atoms with Crippen molar-refractivity contribution in [1.29, 1.82) is 0 Å². The SMILES string of the molecule is CP(C)(=O)CNCN(O)C(=O)CCCN1CCOCC1. The Kier molecular flexibility index (Phi) is 7.69. The topological polar surface area (TPSA) is 82.1 Å². The second-order valence-electron chi connectivity index (χ2n) is 5.49. The van der Waals surface area contributed by atoms with E-state index >= 15 is 0 Å². The molecule has 0 bridgehead atoms. The number of rotatable bonds is 8. The fourth-order valence-corrected chi connectivity index (χ4v) is 2.56. The number of amides is 1. The summed E-state index contributed by atoms with van der Waals surface area (Å²) in [5.41, 5.74) is 0. The maximum absolute atomic E-state index is 11.7. The van der Waals surface area contributed by atoms with Crippen LogP contribution in [0.25, 0.3) is 0 Å². The van der Waals surface area contributed by atoms with Crippen LogP contribution in [0, 0.1) is 0 Å². The molecule has 0 aromatic carbocycles. The van der Waals surface area contributed by atoms with Gasteiger partial charge in [-0.1, -0.05) is 0 Å². The van der Waals surface area contributed by atoms with Crippen LogP contribution in [-0.4, -0.2) is 80.2 Å². The van der Waals surface area contributed by atoms with Gasteiger partial charge in [0, 0.05) is 19.5 Å². The van der Waals surface area contributed by atoms with Crippen molar-refractivity contribution in [2.24, 2.45) is 0 Å². The average Bonchev–Trinajstić information content (AvgIpc) is 2.38. The Labute approximate surface area is 120 Å². The molecule has 1 aliphatic heterocycles. The Morgan fingerprint density at radius 3 is 2.65 bits per heavy atom. The van der Waals surface area contributed by atoms with Crippen LogP contribution in [0.15, 0.2) is 0 Å². The predicted molar refractivity (Wildman–Crippen MR) is 77.4 cm³/mol. The van der Waals surface area contributed by atoms with Gasteiger partial charge in [-0.15, -0.1) is 0 Å². The molecule has 0 radical (unpaired) electrons. The molecule has 1 heterocycles. The minimum atomic E-state index is -2.17. The van der Waals surface area contributed by atoms with Gasteiger partial charge in [-0.3, -0.25) is 20.2 Å². The zero-order valence-corrected chi connectivity index (χ0v) is 13.3. The largest absolute Gasteiger partial charge is 0.379 e. The lowest BCUT2D eigenvalue weighted by Gasteiger charge is -2.26. The summed E-state index contributed by atoms with van der Waals surface area (Å²) in [6.07, 6.45) is 1.34. The maximum Gasteiger partial charge on any atom is 0.247 e. The van der Waals surface area contributed by atoms with Gasteiger partial charge in [0.15, 0.2) is 0 Å². The highest BCUT2D eigenvalue weighted by Crippen LogP contribution is 2.33. The van der Waals surface area contributed by atoms with E-state index in [1.54, 1.807) is 13.3 Å². The van der Waals surface area contributed by atoms with Gasteiger partial charge in [-0.2, -0.15) is 0 Å². The van der Waals surface area contributed by atoms with Crippen molar-refractivity contribution in [3.8, 4) is 0 Å². The molecular weight excluding hydrogens is 281 g/mol. The van der Waals surface area contributed by atoms with Gasteiger partial charge in [-0.05, 0) is 26.3 Å². The second-order valence-corrected chi connectivity index (χ2v) is 8.96. The summed E-state index contributed by atoms with van der Waals surface area (Å²) >= 11 is 0. The first kappa shape index (κ1) is 17.6. The Balaban J connectivity index is 2.10. The Hall–Kier alpha value is -0.460. The molecule has 118 valence electrons. The molecule has 1 amide bonds. The van der Waals surface area contributed by atoms with Gasteiger partial charge >= 0.3 is 0 Å². The van der Waals surface area contributed by atoms with Crippen LogP contribution in [0.4, 0.5) is 0 Å². The van der Waals surface area contributed by atoms with E-state index in [4.69, 9.17) is 4.74 Å². The molecule has 20 heavy (non-hydrogen) atoms. The van der Waals surface area contributed by atoms with E-state index in [1.807, 2.05) is 0 Å². The molecule has 8 heteroatoms. The number of carbonyl (C=O) groups excluding carboxylic acids is 1. The van der Waals surface area contributed by atoms with Gasteiger partial charge in [0.1, 0.15) is 0 Å². The van der Waals surface area contributed by atoms with Gasteiger partial charge in [0.2, 0.25) is 5.91 Å². The van der Waals surface area contributed by atoms with Crippen molar-refractivity contribution in [2.45, 2.75) is 12.8 Å². The van der Waals surface area contributed by atoms with E-state index < -0.39 is 7.14 Å². The molecule has 1 aliphatic rings. The van der Waals surface area contributed by atoms with Crippen molar-refractivity contribution in [3.63, 3.8) is 0 Å². The van der Waals surface area contributed by atoms with E-state index in [-0.39, 0.29) is 12.6 Å². The number of carbonyl (C=O) groups is 1. The summed E-state index contributed by atoms with van der Waals surface area (Å²) in [5.74, 6) is -0.312. The lowest BCUT2D eigenvalue weighted by Crippen LogP contribution is -2.38. The fraction of sp³-hybridized carbons (Fsp3) is 0.917. The molecule has 2 N–H and O–H groups in total. The van der Waals surface area contributed by atoms with Crippen molar-refractivity contribution in [3.05, 3.63) is 0 Å². The molecule has 0 aromatic rings. The van der Waals surface area contributed by atoms with Crippen LogP contribution < -0.4 is 5.32 Å². The van der Waals surface area contributed by atoms with Gasteiger partial charge in [0.05, 0.1) is 33.3 Å². The van der Waals surface area contributed by atoms with Crippen LogP contribution in [0.3, 0.4) is 0 Å². The van der Waals surface area contributed by atoms with Crippen LogP contribution >= 0.6 is 7.14 Å². The average molecular weight is 307 g/mol. The van der Waals surface area contributed by atoms with Crippen LogP contribution in [-0.2, 0) is 14.1 Å². The molecule has 0 spiro atoms. The number of ether oxygens (including phenoxy) is 1. The molecule has 0 aliphatic carbocycles. The lowest BCUT2D eigenvalue weighted by molar-refractivity contribution is -0.166. The fourth-order valence-electron chi connectivity index (χ4n) is 1.92. The summed E-state index contributed by atoms with van der Waals surface area (Å²) in [7, 11) is -2.17. The minimum Gasteiger partial charge on any atom is -0.379 e. The van der Waals surface area contributed by atoms with Gasteiger partial charge in [-0.25, -0.2) is 5.06 Å². The summed E-state index contributed by atoms with van der Waals surface area (Å²) in [6.45, 7) is 7.48. The molecule has 0 unspecified atom stereocenters. The molecule has 1 rings (SSSR count). The van der Waals surface area contributed by atoms with E-state index in [0.717, 1.165) is 39.3 Å². The first-order chi connectivity index (χ1) is 9.38. The molecule has 0 aromatic heterocycles. The quantitative estimate of drug-likeness (QED) is 0.293. The first-order valence-corrected chi connectivity index (χ1v) is 9.71. The second kappa shape index (κ2) is 8.74. The van der Waals surface area contributed by atoms with E-state index in [1.165, 1.54) is 0 Å². The van der Waals surface area contributed by atoms with Crippen molar-refractivity contribution in [1.82, 2.24) is 15.3 Å². The normalized spacial score (nSPS) is 17.1. The predicted octanol–water partition coefficient (Wildman–Crippen LogP) is 0.444. The van der Waals surface area contributed by atoms with E-state index in [9.17, 15) is 14.6 Å². The lowest BCUT2D eigenvalue weighted by atomic mass is 10.2. The van der Waals surface area contributed by atoms with E-state index in [2.05, 4.69) is 10.2 Å². The molecule has 7 nitrogen and oxygen atoms in total. The molecule has 0 atom stereocenters. The number of nitrogens with one attached hydrogen (secondary N) is 1. The highest BCUT2D eigenvalue weighted by molar-refractivity contribution is 7.62. The molecule has 1 saturated heterocycles. The summed E-state index contributed by atoms with van der Waals surface area (Å²) in [4.78, 5) is 13.9. The standard InChI is InChI=1S/C12H26N3O4P/c1-20(2,18)11-13-10-15(17)12(16)4-3-5-14-6-8-19-9-7-14/h13,17H,3-11H2,1-2H3. The van der Waals surface area contributed by atoms with E-state index in [0.29, 0.717) is 17.8 Å². The van der Waals surface area contributed by atoms with Gasteiger partial charge in [0.25, 0.3) is 0 Å². The third-order valence-corrected chi connectivity index (χ3v) is 4.00. The molecule has 0 saturated carbocycles. The summed E-state index contributed by atoms with van der Waals surface area (Å²) < 4.78 is 16.7. The number of hydroxylamine groups is 2. The zero-order valence-electron chi connectivity index (χ0n) is 12.4. The highest BCUT2D eigenvalue weighted by atomic mass is 31.2. The number of hydrogen-bond donors (Lipinski definition) is 2. The monoisotopic (exact) mass is 307 g/mol. The zero-order chi connectivity index (χ0) is 15.0. The van der Waals surface area contributed by atoms with Gasteiger partial charge < -0.3 is 9.30 Å². The van der Waals surface area contributed by atoms with Crippen LogP contribution in [0.5, 0.6) is 0 Å². The number of nitrogens with zero attached hydrogens (tertiary/aromatic N) is 2. The maximum atomic E-state index is 11.7. The number of morpholine rings is 1. The smallest absolute Gasteiger partial charge is 0.247 e. The molecule has 1 fully saturated rings. The van der Waals surface area contributed by atoms with Crippen molar-refractivity contribution >= 4 is 13.0 Å². The Bertz CT molecular complexity index is 342. The van der Waals surface area contributed by atoms with Crippen LogP contribution in [0.1, 0.15) is 12.8 Å².